The molecule has 6 rings (SSSR count). The van der Waals surface area contributed by atoms with Crippen molar-refractivity contribution < 1.29 is 4.58 Å². The lowest BCUT2D eigenvalue weighted by atomic mass is 9.81. The maximum absolute atomic E-state index is 2.56. The minimum absolute atomic E-state index is 0.0311. The van der Waals surface area contributed by atoms with E-state index in [1.54, 1.807) is 0 Å². The molecule has 0 saturated carbocycles. The third kappa shape index (κ3) is 5.99. The number of hydrogen-bond donors (Lipinski definition) is 0. The van der Waals surface area contributed by atoms with Gasteiger partial charge in [-0.2, -0.15) is 4.58 Å². The summed E-state index contributed by atoms with van der Waals surface area (Å²) in [4.78, 5) is 5.29. The fourth-order valence-electron chi connectivity index (χ4n) is 7.65. The van der Waals surface area contributed by atoms with E-state index in [4.69, 9.17) is 0 Å². The summed E-state index contributed by atoms with van der Waals surface area (Å²) in [6.45, 7) is 18.4. The number of aryl methyl sites for hydroxylation is 1. The Morgan fingerprint density at radius 1 is 0.783 bits per heavy atom. The van der Waals surface area contributed by atoms with E-state index in [1.165, 1.54) is 66.8 Å². The van der Waals surface area contributed by atoms with Crippen LogP contribution in [0.4, 0.5) is 11.4 Å². The van der Waals surface area contributed by atoms with E-state index in [2.05, 4.69) is 155 Å². The molecule has 2 nitrogen and oxygen atoms in total. The predicted molar refractivity (Wildman–Crippen MR) is 200 cm³/mol. The molecular formula is C43H51N2S+. The molecule has 0 saturated heterocycles. The number of thioether (sulfide) groups is 1. The number of benzene rings is 3. The summed E-state index contributed by atoms with van der Waals surface area (Å²) in [7, 11) is 0. The first-order chi connectivity index (χ1) is 22.2. The van der Waals surface area contributed by atoms with Crippen LogP contribution in [0, 0.1) is 6.92 Å². The molecule has 0 atom stereocenters. The minimum atomic E-state index is -0.0311. The number of hydrogen-bond acceptors (Lipinski definition) is 2. The van der Waals surface area contributed by atoms with Gasteiger partial charge in [0.2, 0.25) is 5.69 Å². The Bertz CT molecular complexity index is 1760. The number of para-hydroxylation sites is 2. The van der Waals surface area contributed by atoms with Crippen molar-refractivity contribution in [3.8, 4) is 0 Å². The molecule has 0 radical (unpaired) electrons. The Morgan fingerprint density at radius 2 is 1.50 bits per heavy atom. The molecule has 46 heavy (non-hydrogen) atoms. The summed E-state index contributed by atoms with van der Waals surface area (Å²) < 4.78 is 2.56. The number of rotatable bonds is 9. The lowest BCUT2D eigenvalue weighted by Gasteiger charge is -2.27. The van der Waals surface area contributed by atoms with Gasteiger partial charge in [0.05, 0.1) is 5.41 Å². The van der Waals surface area contributed by atoms with Crippen molar-refractivity contribution >= 4 is 28.8 Å². The summed E-state index contributed by atoms with van der Waals surface area (Å²) in [5.41, 5.74) is 12.6. The van der Waals surface area contributed by atoms with E-state index >= 15 is 0 Å². The molecule has 3 heteroatoms. The van der Waals surface area contributed by atoms with Gasteiger partial charge in [0.25, 0.3) is 0 Å². The van der Waals surface area contributed by atoms with Gasteiger partial charge in [-0.1, -0.05) is 106 Å². The van der Waals surface area contributed by atoms with Crippen molar-refractivity contribution in [2.24, 2.45) is 0 Å². The highest BCUT2D eigenvalue weighted by Crippen LogP contribution is 2.48. The van der Waals surface area contributed by atoms with E-state index in [-0.39, 0.29) is 10.8 Å². The first-order valence-corrected chi connectivity index (χ1v) is 18.2. The average Bonchev–Trinajstić information content (AvgIpc) is 3.39. The minimum Gasteiger partial charge on any atom is -0.344 e. The first-order valence-electron chi connectivity index (χ1n) is 17.4. The molecular weight excluding hydrogens is 577 g/mol. The molecule has 0 fully saturated rings. The highest BCUT2D eigenvalue weighted by atomic mass is 32.2. The molecule has 0 spiro atoms. The molecule has 1 aliphatic carbocycles. The monoisotopic (exact) mass is 627 g/mol. The van der Waals surface area contributed by atoms with Gasteiger partial charge in [-0.05, 0) is 87.4 Å². The molecule has 2 heterocycles. The summed E-state index contributed by atoms with van der Waals surface area (Å²) in [6, 6.07) is 27.0. The average molecular weight is 628 g/mol. The quantitative estimate of drug-likeness (QED) is 0.218. The maximum atomic E-state index is 2.56. The van der Waals surface area contributed by atoms with E-state index in [0.29, 0.717) is 0 Å². The number of fused-ring (bicyclic) bond motifs is 2. The van der Waals surface area contributed by atoms with Crippen LogP contribution in [0.1, 0.15) is 90.3 Å². The number of anilines is 1. The third-order valence-corrected chi connectivity index (χ3v) is 11.3. The van der Waals surface area contributed by atoms with Crippen molar-refractivity contribution in [1.82, 2.24) is 0 Å². The first kappa shape index (κ1) is 32.4. The van der Waals surface area contributed by atoms with Crippen molar-refractivity contribution in [2.75, 3.05) is 18.0 Å². The Balaban J connectivity index is 1.44. The Labute approximate surface area is 282 Å². The second kappa shape index (κ2) is 13.3. The second-order valence-electron chi connectivity index (χ2n) is 14.2. The molecule has 0 N–H and O–H groups in total. The van der Waals surface area contributed by atoms with Gasteiger partial charge < -0.3 is 4.90 Å². The van der Waals surface area contributed by atoms with E-state index in [9.17, 15) is 0 Å². The molecule has 3 aliphatic rings. The highest BCUT2D eigenvalue weighted by molar-refractivity contribution is 8.03. The second-order valence-corrected chi connectivity index (χ2v) is 15.3. The van der Waals surface area contributed by atoms with Crippen LogP contribution in [0.3, 0.4) is 0 Å². The van der Waals surface area contributed by atoms with E-state index < -0.39 is 0 Å². The van der Waals surface area contributed by atoms with Crippen molar-refractivity contribution in [1.29, 1.82) is 0 Å². The van der Waals surface area contributed by atoms with Crippen molar-refractivity contribution in [3.63, 3.8) is 0 Å². The molecule has 0 aromatic heterocycles. The van der Waals surface area contributed by atoms with E-state index in [0.717, 1.165) is 38.8 Å². The molecule has 3 aromatic carbocycles. The number of allylic oxidation sites excluding steroid dienone is 7. The van der Waals surface area contributed by atoms with Gasteiger partial charge in [-0.25, -0.2) is 0 Å². The van der Waals surface area contributed by atoms with Crippen molar-refractivity contribution in [3.05, 3.63) is 136 Å². The van der Waals surface area contributed by atoms with Crippen molar-refractivity contribution in [2.45, 2.75) is 96.3 Å². The largest absolute Gasteiger partial charge is 0.344 e. The molecule has 2 aliphatic heterocycles. The Hall–Kier alpha value is -3.56. The predicted octanol–water partition coefficient (Wildman–Crippen LogP) is 11.6. The van der Waals surface area contributed by atoms with Gasteiger partial charge in [0.1, 0.15) is 6.54 Å². The summed E-state index contributed by atoms with van der Waals surface area (Å²) in [6.07, 6.45) is 15.4. The fourth-order valence-corrected chi connectivity index (χ4v) is 8.76. The Morgan fingerprint density at radius 3 is 2.24 bits per heavy atom. The SMILES string of the molecule is CCCN1/C(=C/C=C2\CCCC(/C=C/C3=[N+](CCC)c4ccccc4C3(C)C)=C2Sc2ccc(C)cc2)C(C)(C)c2ccccc21. The van der Waals surface area contributed by atoms with Crippen LogP contribution in [-0.2, 0) is 10.8 Å². The fraction of sp³-hybridized carbons (Fsp3) is 0.372. The Kier molecular flexibility index (Phi) is 9.35. The standard InChI is InChI=1S/C43H51N2S/c1-8-29-44-37-19-12-10-17-35(37)42(4,5)39(44)27-23-32-15-14-16-33(41(32)46-34-25-21-31(3)22-26-34)24-28-40-43(6,7)36-18-11-13-20-38(36)45(40)30-9-2/h10-13,17-28H,8-9,14-16,29-30H2,1-7H3/q+1. The summed E-state index contributed by atoms with van der Waals surface area (Å²) >= 11 is 1.95. The lowest BCUT2D eigenvalue weighted by Crippen LogP contribution is -2.28. The van der Waals surface area contributed by atoms with Gasteiger partial charge in [0.15, 0.2) is 5.71 Å². The van der Waals surface area contributed by atoms with Gasteiger partial charge >= 0.3 is 0 Å². The topological polar surface area (TPSA) is 6.25 Å². The van der Waals surface area contributed by atoms with E-state index in [1.807, 2.05) is 11.8 Å². The summed E-state index contributed by atoms with van der Waals surface area (Å²) in [5.74, 6) is 0. The van der Waals surface area contributed by atoms with Crippen LogP contribution < -0.4 is 4.90 Å². The molecule has 3 aromatic rings. The smallest absolute Gasteiger partial charge is 0.209 e. The molecule has 0 unspecified atom stereocenters. The third-order valence-electron chi connectivity index (χ3n) is 10.1. The molecule has 0 bridgehead atoms. The van der Waals surface area contributed by atoms with Crippen LogP contribution in [0.15, 0.2) is 124 Å². The van der Waals surface area contributed by atoms with Crippen LogP contribution in [0.25, 0.3) is 0 Å². The van der Waals surface area contributed by atoms with Gasteiger partial charge in [0, 0.05) is 57.3 Å². The zero-order chi connectivity index (χ0) is 32.5. The zero-order valence-electron chi connectivity index (χ0n) is 29.0. The maximum Gasteiger partial charge on any atom is 0.209 e. The van der Waals surface area contributed by atoms with Gasteiger partial charge in [-0.3, -0.25) is 0 Å². The lowest BCUT2D eigenvalue weighted by molar-refractivity contribution is -0.437. The van der Waals surface area contributed by atoms with Gasteiger partial charge in [-0.15, -0.1) is 0 Å². The highest BCUT2D eigenvalue weighted by Gasteiger charge is 2.44. The van der Waals surface area contributed by atoms with Crippen LogP contribution in [-0.4, -0.2) is 23.4 Å². The number of nitrogens with zero attached hydrogens (tertiary/aromatic N) is 2. The molecule has 238 valence electrons. The van der Waals surface area contributed by atoms with Crippen LogP contribution >= 0.6 is 11.8 Å². The van der Waals surface area contributed by atoms with Crippen LogP contribution in [0.2, 0.25) is 0 Å². The normalized spacial score (nSPS) is 20.4. The zero-order valence-corrected chi connectivity index (χ0v) is 29.8. The summed E-state index contributed by atoms with van der Waals surface area (Å²) in [5, 5.41) is 0. The molecule has 0 amide bonds. The van der Waals surface area contributed by atoms with Crippen LogP contribution in [0.5, 0.6) is 0 Å².